The SMILES string of the molecule is CCOc1ccc(-c2nc(S(=O)(=O)c3ccc(Br)cc3)c(N3CCN(c4ccc(OC)cc4)CC3)o2)cc1. The molecule has 0 unspecified atom stereocenters. The highest BCUT2D eigenvalue weighted by atomic mass is 79.9. The van der Waals surface area contributed by atoms with Crippen molar-refractivity contribution >= 4 is 37.3 Å². The third kappa shape index (κ3) is 5.37. The Kier molecular flexibility index (Phi) is 7.62. The predicted molar refractivity (Wildman–Crippen MR) is 150 cm³/mol. The monoisotopic (exact) mass is 597 g/mol. The number of sulfone groups is 1. The average Bonchev–Trinajstić information content (AvgIpc) is 3.41. The largest absolute Gasteiger partial charge is 0.497 e. The van der Waals surface area contributed by atoms with Crippen LogP contribution in [0.15, 0.2) is 91.6 Å². The standard InChI is InChI=1S/C28H28BrN3O5S/c1-3-36-24-10-4-20(5-11-24)26-30-27(38(33,34)25-14-6-21(29)7-15-25)28(37-26)32-18-16-31(17-19-32)22-8-12-23(35-2)13-9-22/h4-15H,3,16-19H2,1-2H3. The summed E-state index contributed by atoms with van der Waals surface area (Å²) in [6, 6.07) is 21.7. The van der Waals surface area contributed by atoms with Gasteiger partial charge in [0.1, 0.15) is 11.5 Å². The van der Waals surface area contributed by atoms with E-state index in [0.29, 0.717) is 38.3 Å². The van der Waals surface area contributed by atoms with Crippen LogP contribution in [-0.4, -0.2) is 53.3 Å². The van der Waals surface area contributed by atoms with Gasteiger partial charge in [-0.15, -0.1) is 0 Å². The number of methoxy groups -OCH3 is 1. The molecule has 0 aliphatic carbocycles. The highest BCUT2D eigenvalue weighted by Crippen LogP contribution is 2.36. The summed E-state index contributed by atoms with van der Waals surface area (Å²) in [7, 11) is -2.29. The Morgan fingerprint density at radius 3 is 2.08 bits per heavy atom. The zero-order valence-corrected chi connectivity index (χ0v) is 23.5. The Labute approximate surface area is 230 Å². The Morgan fingerprint density at radius 1 is 0.868 bits per heavy atom. The van der Waals surface area contributed by atoms with Crippen LogP contribution < -0.4 is 19.3 Å². The lowest BCUT2D eigenvalue weighted by Crippen LogP contribution is -2.46. The first kappa shape index (κ1) is 26.1. The molecule has 1 aliphatic heterocycles. The predicted octanol–water partition coefficient (Wildman–Crippen LogP) is 5.67. The van der Waals surface area contributed by atoms with E-state index in [1.807, 2.05) is 60.4 Å². The smallest absolute Gasteiger partial charge is 0.236 e. The number of hydrogen-bond donors (Lipinski definition) is 0. The van der Waals surface area contributed by atoms with E-state index in [1.54, 1.807) is 31.4 Å². The lowest BCUT2D eigenvalue weighted by molar-refractivity contribution is 0.340. The van der Waals surface area contributed by atoms with Crippen molar-refractivity contribution < 1.29 is 22.3 Å². The fraction of sp³-hybridized carbons (Fsp3) is 0.250. The van der Waals surface area contributed by atoms with Crippen LogP contribution in [0.5, 0.6) is 11.5 Å². The molecular weight excluding hydrogens is 570 g/mol. The molecule has 10 heteroatoms. The molecule has 1 saturated heterocycles. The maximum absolute atomic E-state index is 13.7. The normalized spacial score (nSPS) is 14.0. The number of anilines is 2. The number of aromatic nitrogens is 1. The van der Waals surface area contributed by atoms with Crippen LogP contribution in [0.4, 0.5) is 11.6 Å². The number of nitrogens with zero attached hydrogens (tertiary/aromatic N) is 3. The molecule has 1 fully saturated rings. The highest BCUT2D eigenvalue weighted by molar-refractivity contribution is 9.10. The van der Waals surface area contributed by atoms with Crippen LogP contribution in [-0.2, 0) is 9.84 Å². The second kappa shape index (κ2) is 11.1. The minimum atomic E-state index is -3.93. The van der Waals surface area contributed by atoms with E-state index in [4.69, 9.17) is 13.9 Å². The molecule has 3 aromatic carbocycles. The number of oxazole rings is 1. The van der Waals surface area contributed by atoms with Crippen LogP contribution in [0.2, 0.25) is 0 Å². The maximum Gasteiger partial charge on any atom is 0.236 e. The molecule has 0 N–H and O–H groups in total. The third-order valence-electron chi connectivity index (χ3n) is 6.37. The zero-order valence-electron chi connectivity index (χ0n) is 21.1. The van der Waals surface area contributed by atoms with E-state index >= 15 is 0 Å². The van der Waals surface area contributed by atoms with Gasteiger partial charge < -0.3 is 23.7 Å². The van der Waals surface area contributed by atoms with Gasteiger partial charge in [0.25, 0.3) is 0 Å². The summed E-state index contributed by atoms with van der Waals surface area (Å²) in [5.41, 5.74) is 1.75. The van der Waals surface area contributed by atoms with Gasteiger partial charge in [0.05, 0.1) is 18.6 Å². The highest BCUT2D eigenvalue weighted by Gasteiger charge is 2.33. The van der Waals surface area contributed by atoms with E-state index in [-0.39, 0.29) is 21.7 Å². The van der Waals surface area contributed by atoms with Crippen molar-refractivity contribution in [3.63, 3.8) is 0 Å². The summed E-state index contributed by atoms with van der Waals surface area (Å²) < 4.78 is 45.2. The minimum absolute atomic E-state index is 0.0818. The molecule has 4 aromatic rings. The van der Waals surface area contributed by atoms with Crippen molar-refractivity contribution in [2.24, 2.45) is 0 Å². The molecule has 1 aromatic heterocycles. The average molecular weight is 599 g/mol. The summed E-state index contributed by atoms with van der Waals surface area (Å²) in [4.78, 5) is 8.89. The Bertz CT molecular complexity index is 1480. The van der Waals surface area contributed by atoms with E-state index < -0.39 is 9.84 Å². The van der Waals surface area contributed by atoms with Gasteiger partial charge in [-0.1, -0.05) is 15.9 Å². The summed E-state index contributed by atoms with van der Waals surface area (Å²) in [6.45, 7) is 5.02. The van der Waals surface area contributed by atoms with E-state index in [0.717, 1.165) is 21.7 Å². The number of rotatable bonds is 8. The molecule has 0 spiro atoms. The summed E-state index contributed by atoms with van der Waals surface area (Å²) >= 11 is 3.37. The number of piperazine rings is 1. The Balaban J connectivity index is 1.47. The number of hydrogen-bond acceptors (Lipinski definition) is 8. The fourth-order valence-corrected chi connectivity index (χ4v) is 5.93. The maximum atomic E-state index is 13.7. The molecule has 8 nitrogen and oxygen atoms in total. The topological polar surface area (TPSA) is 85.1 Å². The second-order valence-corrected chi connectivity index (χ2v) is 11.5. The summed E-state index contributed by atoms with van der Waals surface area (Å²) in [5, 5.41) is -0.0818. The first-order chi connectivity index (χ1) is 18.4. The van der Waals surface area contributed by atoms with Crippen LogP contribution in [0.3, 0.4) is 0 Å². The molecule has 38 heavy (non-hydrogen) atoms. The molecule has 0 saturated carbocycles. The van der Waals surface area contributed by atoms with E-state index in [2.05, 4.69) is 25.8 Å². The Hall–Kier alpha value is -3.50. The van der Waals surface area contributed by atoms with Crippen LogP contribution in [0.1, 0.15) is 6.92 Å². The molecule has 0 amide bonds. The molecule has 0 radical (unpaired) electrons. The quantitative estimate of drug-likeness (QED) is 0.257. The lowest BCUT2D eigenvalue weighted by atomic mass is 10.2. The Morgan fingerprint density at radius 2 is 1.47 bits per heavy atom. The number of benzene rings is 3. The van der Waals surface area contributed by atoms with Gasteiger partial charge in [-0.05, 0) is 79.7 Å². The van der Waals surface area contributed by atoms with E-state index in [1.165, 1.54) is 0 Å². The van der Waals surface area contributed by atoms with Crippen LogP contribution in [0, 0.1) is 0 Å². The van der Waals surface area contributed by atoms with E-state index in [9.17, 15) is 8.42 Å². The number of ether oxygens (including phenoxy) is 2. The first-order valence-corrected chi connectivity index (χ1v) is 14.6. The number of halogens is 1. The molecule has 1 aliphatic rings. The first-order valence-electron chi connectivity index (χ1n) is 12.3. The van der Waals surface area contributed by atoms with Crippen molar-refractivity contribution in [3.05, 3.63) is 77.3 Å². The summed E-state index contributed by atoms with van der Waals surface area (Å²) in [5.74, 6) is 2.03. The molecule has 0 atom stereocenters. The fourth-order valence-electron chi connectivity index (χ4n) is 4.34. The van der Waals surface area contributed by atoms with Crippen LogP contribution in [0.25, 0.3) is 11.5 Å². The van der Waals surface area contributed by atoms with Gasteiger partial charge in [0.15, 0.2) is 0 Å². The van der Waals surface area contributed by atoms with Gasteiger partial charge in [-0.3, -0.25) is 0 Å². The zero-order chi connectivity index (χ0) is 26.7. The lowest BCUT2D eigenvalue weighted by Gasteiger charge is -2.36. The van der Waals surface area contributed by atoms with Crippen molar-refractivity contribution in [1.29, 1.82) is 0 Å². The van der Waals surface area contributed by atoms with Gasteiger partial charge in [-0.2, -0.15) is 4.98 Å². The second-order valence-electron chi connectivity index (χ2n) is 8.72. The van der Waals surface area contributed by atoms with Crippen LogP contribution >= 0.6 is 15.9 Å². The van der Waals surface area contributed by atoms with Crippen molar-refractivity contribution in [3.8, 4) is 23.0 Å². The van der Waals surface area contributed by atoms with Gasteiger partial charge in [0.2, 0.25) is 26.6 Å². The third-order valence-corrected chi connectivity index (χ3v) is 8.57. The minimum Gasteiger partial charge on any atom is -0.497 e. The molecule has 2 heterocycles. The van der Waals surface area contributed by atoms with Crippen molar-refractivity contribution in [2.75, 3.05) is 49.7 Å². The molecular formula is C28H28BrN3O5S. The van der Waals surface area contributed by atoms with Gasteiger partial charge in [0, 0.05) is 41.9 Å². The van der Waals surface area contributed by atoms with Crippen molar-refractivity contribution in [2.45, 2.75) is 16.8 Å². The molecule has 0 bridgehead atoms. The molecule has 5 rings (SSSR count). The molecule has 198 valence electrons. The van der Waals surface area contributed by atoms with Gasteiger partial charge in [-0.25, -0.2) is 8.42 Å². The van der Waals surface area contributed by atoms with Crippen molar-refractivity contribution in [1.82, 2.24) is 4.98 Å². The van der Waals surface area contributed by atoms with Gasteiger partial charge >= 0.3 is 0 Å². The summed E-state index contributed by atoms with van der Waals surface area (Å²) in [6.07, 6.45) is 0.